The Kier molecular flexibility index (Phi) is 36.0. The van der Waals surface area contributed by atoms with E-state index >= 15 is 0 Å². The second-order valence-electron chi connectivity index (χ2n) is 29.4. The second kappa shape index (κ2) is 43.1. The lowest BCUT2D eigenvalue weighted by molar-refractivity contribution is -0.399. The number of phosphoric acid groups is 2. The highest BCUT2D eigenvalue weighted by Gasteiger charge is 2.61. The molecule has 0 radical (unpaired) electrons. The van der Waals surface area contributed by atoms with Crippen LogP contribution in [0.3, 0.4) is 0 Å². The maximum absolute atomic E-state index is 13.5. The number of rotatable bonds is 33. The molecule has 9 saturated heterocycles. The normalized spacial score (nSPS) is 47.1. The molecule has 0 aromatic rings. The van der Waals surface area contributed by atoms with Gasteiger partial charge in [-0.1, -0.05) is 0 Å². The van der Waals surface area contributed by atoms with E-state index in [0.717, 1.165) is 27.7 Å². The number of carbonyl (C=O) groups is 4. The van der Waals surface area contributed by atoms with Gasteiger partial charge in [0.05, 0.1) is 59.5 Å². The van der Waals surface area contributed by atoms with E-state index in [1.54, 1.807) is 0 Å². The number of hydrogen-bond acceptors (Lipinski definition) is 49. The molecule has 56 nitrogen and oxygen atoms in total. The van der Waals surface area contributed by atoms with Crippen LogP contribution in [-0.4, -0.2) is 496 Å². The molecule has 58 heteroatoms. The fourth-order valence-corrected chi connectivity index (χ4v) is 15.6. The molecule has 1 unspecified atom stereocenters. The van der Waals surface area contributed by atoms with Crippen LogP contribution in [0.2, 0.25) is 0 Å². The SMILES string of the molecule is CC(=O)N[C@@H]1[C@@H](O)[C@H](O[C@@H]2O[C@H](CO)[C@@H](O[C@@H]3O[C@H](CO[C@H]4O[C@H](CO[C@H]5O[C@H](COP(=O)(O)O)[C@@H](O)[C@H](O)[C@@H]5O)[C@@H](O)[C@H](O[C@H]5O[C@H](CO)[C@@H](O)[C@H](O)[C@@H]5O)[C@@H]4O)[C@@H](O)[C@H](O[C@H]4O[C@H](CO)[C@@H](O)[C@H](O)[C@@H]4O[C@H]4O[C@H](COP(=O)(O)O[C@H]5O[C@H](CO)[C@@H](O)[C@H](O)[C@H]5NC(C)=O)[C@@H](O)[C@H](O)[C@@H]4O)[C@@H]3O)[C@H](O)[C@H]2NC(C)=O)[C@@H](CO)O[C@H]1NC(C)=O. The van der Waals surface area contributed by atoms with Crippen LogP contribution in [0.1, 0.15) is 27.7 Å². The van der Waals surface area contributed by atoms with E-state index < -0.39 is 375 Å². The van der Waals surface area contributed by atoms with Crippen LogP contribution in [0.4, 0.5) is 0 Å². The van der Waals surface area contributed by atoms with Crippen LogP contribution in [0.15, 0.2) is 0 Å². The number of aliphatic hydroxyl groups excluding tert-OH is 24. The number of hydrogen-bond donors (Lipinski definition) is 31. The summed E-state index contributed by atoms with van der Waals surface area (Å²) < 4.78 is 133. The van der Waals surface area contributed by atoms with E-state index in [1.807, 2.05) is 0 Å². The number of aliphatic hydroxyl groups is 24. The van der Waals surface area contributed by atoms with Crippen molar-refractivity contribution in [3.63, 3.8) is 0 Å². The van der Waals surface area contributed by atoms with Crippen molar-refractivity contribution in [1.29, 1.82) is 0 Å². The van der Waals surface area contributed by atoms with E-state index in [-0.39, 0.29) is 0 Å². The molecule has 0 spiro atoms. The van der Waals surface area contributed by atoms with Gasteiger partial charge in [-0.15, -0.1) is 0 Å². The predicted molar refractivity (Wildman–Crippen MR) is 365 cm³/mol. The first kappa shape index (κ1) is 100. The van der Waals surface area contributed by atoms with Crippen molar-refractivity contribution >= 4 is 39.3 Å². The summed E-state index contributed by atoms with van der Waals surface area (Å²) in [7, 11) is -11.0. The van der Waals surface area contributed by atoms with E-state index in [9.17, 15) is 166 Å². The summed E-state index contributed by atoms with van der Waals surface area (Å²) in [5.41, 5.74) is 0. The van der Waals surface area contributed by atoms with Crippen LogP contribution >= 0.6 is 15.6 Å². The highest BCUT2D eigenvalue weighted by atomic mass is 31.2. The van der Waals surface area contributed by atoms with Gasteiger partial charge in [0, 0.05) is 27.7 Å². The van der Waals surface area contributed by atoms with Gasteiger partial charge >= 0.3 is 15.6 Å². The van der Waals surface area contributed by atoms with Crippen LogP contribution in [0, 0.1) is 0 Å². The van der Waals surface area contributed by atoms with Gasteiger partial charge in [-0.05, 0) is 0 Å². The zero-order valence-corrected chi connectivity index (χ0v) is 65.3. The van der Waals surface area contributed by atoms with Gasteiger partial charge in [0.25, 0.3) is 0 Å². The largest absolute Gasteiger partial charge is 0.474 e. The molecule has 46 atom stereocenters. The second-order valence-corrected chi connectivity index (χ2v) is 32.0. The maximum atomic E-state index is 13.5. The molecule has 0 aromatic carbocycles. The molecule has 0 aromatic heterocycles. The van der Waals surface area contributed by atoms with Gasteiger partial charge in [0.2, 0.25) is 23.6 Å². The lowest BCUT2D eigenvalue weighted by atomic mass is 9.93. The van der Waals surface area contributed by atoms with Crippen LogP contribution in [0.5, 0.6) is 0 Å². The fraction of sp³-hybridized carbons (Fsp3) is 0.935. The Balaban J connectivity index is 1.04. The van der Waals surface area contributed by atoms with Crippen molar-refractivity contribution in [1.82, 2.24) is 21.3 Å². The third-order valence-corrected chi connectivity index (χ3v) is 22.2. The smallest absolute Gasteiger partial charge is 0.394 e. The molecule has 0 bridgehead atoms. The maximum Gasteiger partial charge on any atom is 0.474 e. The Bertz CT molecular complexity index is 3380. The van der Waals surface area contributed by atoms with Gasteiger partial charge in [-0.3, -0.25) is 32.7 Å². The number of phosphoric ester groups is 2. The van der Waals surface area contributed by atoms with Crippen molar-refractivity contribution in [2.24, 2.45) is 0 Å². The number of amides is 4. The van der Waals surface area contributed by atoms with Crippen LogP contribution in [0.25, 0.3) is 0 Å². The summed E-state index contributed by atoms with van der Waals surface area (Å²) in [4.78, 5) is 79.3. The summed E-state index contributed by atoms with van der Waals surface area (Å²) in [6.07, 6.45) is -92.5. The summed E-state index contributed by atoms with van der Waals surface area (Å²) in [6.45, 7) is -6.69. The lowest BCUT2D eigenvalue weighted by Gasteiger charge is -2.51. The van der Waals surface area contributed by atoms with Crippen molar-refractivity contribution in [3.05, 3.63) is 0 Å². The third-order valence-electron chi connectivity index (χ3n) is 20.7. The third kappa shape index (κ3) is 23.7. The minimum Gasteiger partial charge on any atom is -0.394 e. The number of ether oxygens (including phenoxy) is 16. The average Bonchev–Trinajstić information content (AvgIpc) is 0.759. The summed E-state index contributed by atoms with van der Waals surface area (Å²) in [5, 5.41) is 277. The first-order valence-corrected chi connectivity index (χ1v) is 40.1. The predicted octanol–water partition coefficient (Wildman–Crippen LogP) is -19.8. The summed E-state index contributed by atoms with van der Waals surface area (Å²) in [6, 6.07) is -5.39. The molecule has 31 N–H and O–H groups in total. The van der Waals surface area contributed by atoms with Gasteiger partial charge in [0.1, 0.15) is 220 Å². The lowest BCUT2D eigenvalue weighted by Crippen LogP contribution is -2.71. The van der Waals surface area contributed by atoms with Crippen molar-refractivity contribution in [2.45, 2.75) is 304 Å². The van der Waals surface area contributed by atoms with Gasteiger partial charge in [-0.2, -0.15) is 0 Å². The minimum absolute atomic E-state index is 0.741. The summed E-state index contributed by atoms with van der Waals surface area (Å²) in [5.74, 6) is -3.42. The van der Waals surface area contributed by atoms with Gasteiger partial charge < -0.3 is 234 Å². The molecule has 9 aliphatic rings. The highest BCUT2D eigenvalue weighted by Crippen LogP contribution is 2.48. The molecule has 120 heavy (non-hydrogen) atoms. The van der Waals surface area contributed by atoms with E-state index in [1.165, 1.54) is 0 Å². The van der Waals surface area contributed by atoms with Crippen molar-refractivity contribution < 1.29 is 255 Å². The Morgan fingerprint density at radius 1 is 0.275 bits per heavy atom. The van der Waals surface area contributed by atoms with Gasteiger partial charge in [0.15, 0.2) is 56.5 Å². The molecule has 9 heterocycles. The van der Waals surface area contributed by atoms with Gasteiger partial charge in [-0.25, -0.2) is 9.13 Å². The number of carbonyl (C=O) groups excluding carboxylic acids is 4. The Morgan fingerprint density at radius 3 is 1.05 bits per heavy atom. The van der Waals surface area contributed by atoms with Crippen LogP contribution in [-0.2, 0) is 118 Å². The van der Waals surface area contributed by atoms with E-state index in [0.29, 0.717) is 0 Å². The first-order chi connectivity index (χ1) is 56.3. The molecule has 0 saturated carbocycles. The summed E-state index contributed by atoms with van der Waals surface area (Å²) >= 11 is 0. The zero-order chi connectivity index (χ0) is 88.9. The molecule has 0 aliphatic carbocycles. The molecule has 696 valence electrons. The molecule has 4 amide bonds. The standard InChI is InChI=1S/C62H106N4O52P2/c1-14(72)63-27-38(84)49(21(8-70)104-54(27)66-17(4)75)113-55-29(65-16(3)74)39(85)50(22(9-71)108-55)114-61-48(94)52(116-62-53(43(89)32(78)20(7-69)107-62)117-60-46(92)42(88)34(80)26(112-60)13-103-120(98,99)118-56-28(64-15(2)73)37(83)30(76)18(5-67)105-56)36(82)24(111-61)11-101-58-47(93)51(115-59-45(91)40(86)31(77)19(6-68)106-59)35(81)23(109-58)10-100-57-44(90)41(87)33(79)25(110-57)12-102-119(95,96)97/h18-62,67-71,76-94H,5-13H2,1-4H3,(H,63,72)(H,64,73)(H,65,74)(H,66,75)(H,98,99)(H2,95,96,97)/t18-,19-,20-,21-,22-,23-,24-,25-,26-,27-,28-,29-,30-,31-,32-,33-,34-,35-,36-,37-,38-,39-,40+,41+,42+,43+,44+,45+,46+,47+,48+,49-,50-,51+,52+,53+,54-,55+,56-,57+,58+,59-,60-,61+,62-/m1/s1. The first-order valence-electron chi connectivity index (χ1n) is 37.1. The topological polar surface area (TPSA) is 872 Å². The average molecular weight is 1800 g/mol. The Labute approximate surface area is 676 Å². The quantitative estimate of drug-likeness (QED) is 0.0271. The monoisotopic (exact) mass is 1800 g/mol. The molecule has 9 aliphatic heterocycles. The van der Waals surface area contributed by atoms with Crippen molar-refractivity contribution in [2.75, 3.05) is 59.5 Å². The Hall–Kier alpha value is -3.50. The molecular formula is C62H106N4O52P2. The fourth-order valence-electron chi connectivity index (χ4n) is 14.4. The van der Waals surface area contributed by atoms with Crippen molar-refractivity contribution in [3.8, 4) is 0 Å². The Morgan fingerprint density at radius 2 is 0.583 bits per heavy atom. The van der Waals surface area contributed by atoms with Crippen LogP contribution < -0.4 is 21.3 Å². The molecule has 9 rings (SSSR count). The van der Waals surface area contributed by atoms with E-state index in [2.05, 4.69) is 25.8 Å². The molecular weight excluding hydrogens is 1690 g/mol. The minimum atomic E-state index is -5.66. The zero-order valence-electron chi connectivity index (χ0n) is 63.5. The molecule has 9 fully saturated rings. The number of nitrogens with one attached hydrogen (secondary N) is 4. The highest BCUT2D eigenvalue weighted by molar-refractivity contribution is 7.47. The van der Waals surface area contributed by atoms with E-state index in [4.69, 9.17) is 84.8 Å².